The third kappa shape index (κ3) is 3.21. The van der Waals surface area contributed by atoms with Gasteiger partial charge in [0.1, 0.15) is 17.4 Å². The van der Waals surface area contributed by atoms with Gasteiger partial charge in [-0.1, -0.05) is 6.07 Å². The molecule has 0 unspecified atom stereocenters. The Morgan fingerprint density at radius 1 is 1.08 bits per heavy atom. The zero-order valence-corrected chi connectivity index (χ0v) is 13.5. The topological polar surface area (TPSA) is 54.6 Å². The van der Waals surface area contributed by atoms with Crippen molar-refractivity contribution in [2.24, 2.45) is 0 Å². The fourth-order valence-electron chi connectivity index (χ4n) is 2.92. The van der Waals surface area contributed by atoms with Crippen molar-refractivity contribution >= 4 is 16.7 Å². The number of morpholine rings is 1. The van der Waals surface area contributed by atoms with E-state index in [9.17, 15) is 9.18 Å². The van der Waals surface area contributed by atoms with Crippen LogP contribution in [-0.4, -0.2) is 31.3 Å². The van der Waals surface area contributed by atoms with Crippen molar-refractivity contribution in [3.8, 4) is 11.5 Å². The smallest absolute Gasteiger partial charge is 0.191 e. The van der Waals surface area contributed by atoms with Crippen molar-refractivity contribution < 1.29 is 13.9 Å². The summed E-state index contributed by atoms with van der Waals surface area (Å²) in [6.07, 6.45) is 0. The molecule has 1 fully saturated rings. The van der Waals surface area contributed by atoms with Crippen LogP contribution in [0.1, 0.15) is 0 Å². The number of aromatic amines is 1. The van der Waals surface area contributed by atoms with Crippen molar-refractivity contribution in [2.75, 3.05) is 31.2 Å². The zero-order chi connectivity index (χ0) is 17.2. The van der Waals surface area contributed by atoms with Crippen molar-refractivity contribution in [1.82, 2.24) is 4.98 Å². The van der Waals surface area contributed by atoms with Gasteiger partial charge in [0.15, 0.2) is 11.2 Å². The van der Waals surface area contributed by atoms with Crippen molar-refractivity contribution in [2.45, 2.75) is 0 Å². The molecule has 1 saturated heterocycles. The molecule has 0 bridgehead atoms. The Balaban J connectivity index is 1.77. The molecule has 0 atom stereocenters. The third-order valence-electron chi connectivity index (χ3n) is 4.21. The van der Waals surface area contributed by atoms with Gasteiger partial charge >= 0.3 is 0 Å². The maximum absolute atomic E-state index is 13.1. The summed E-state index contributed by atoms with van der Waals surface area (Å²) in [4.78, 5) is 17.9. The standard InChI is InChI=1S/C19H17FN2O3/c20-13-4-6-14(7-5-13)25-17-3-1-2-15-16(23)12-18(21-19(15)17)22-8-10-24-11-9-22/h1-7,12H,8-11H2,(H,21,23). The maximum Gasteiger partial charge on any atom is 0.191 e. The monoisotopic (exact) mass is 340 g/mol. The summed E-state index contributed by atoms with van der Waals surface area (Å²) in [6, 6.07) is 12.7. The molecule has 0 spiro atoms. The Kier molecular flexibility index (Phi) is 4.11. The summed E-state index contributed by atoms with van der Waals surface area (Å²) in [7, 11) is 0. The number of nitrogens with one attached hydrogen (secondary N) is 1. The second-order valence-corrected chi connectivity index (χ2v) is 5.85. The molecule has 0 amide bonds. The molecule has 0 radical (unpaired) electrons. The average molecular weight is 340 g/mol. The largest absolute Gasteiger partial charge is 0.455 e. The van der Waals surface area contributed by atoms with E-state index in [0.717, 1.165) is 18.9 Å². The Labute approximate surface area is 143 Å². The summed E-state index contributed by atoms with van der Waals surface area (Å²) in [5.41, 5.74) is 0.556. The van der Waals surface area contributed by atoms with Gasteiger partial charge in [0.2, 0.25) is 0 Å². The molecule has 2 aromatic carbocycles. The van der Waals surface area contributed by atoms with Gasteiger partial charge in [-0.15, -0.1) is 0 Å². The molecule has 0 saturated carbocycles. The van der Waals surface area contributed by atoms with E-state index in [2.05, 4.69) is 9.88 Å². The number of aromatic nitrogens is 1. The van der Waals surface area contributed by atoms with Gasteiger partial charge < -0.3 is 19.4 Å². The van der Waals surface area contributed by atoms with Crippen LogP contribution in [-0.2, 0) is 4.74 Å². The summed E-state index contributed by atoms with van der Waals surface area (Å²) < 4.78 is 24.3. The lowest BCUT2D eigenvalue weighted by molar-refractivity contribution is 0.122. The minimum atomic E-state index is -0.326. The normalized spacial score (nSPS) is 14.7. The fourth-order valence-corrected chi connectivity index (χ4v) is 2.92. The number of hydrogen-bond donors (Lipinski definition) is 1. The third-order valence-corrected chi connectivity index (χ3v) is 4.21. The van der Waals surface area contributed by atoms with Crippen LogP contribution in [0, 0.1) is 5.82 Å². The Morgan fingerprint density at radius 2 is 1.84 bits per heavy atom. The number of anilines is 1. The molecule has 1 aliphatic heterocycles. The number of rotatable bonds is 3. The molecular weight excluding hydrogens is 323 g/mol. The maximum atomic E-state index is 13.1. The average Bonchev–Trinajstić information content (AvgIpc) is 2.65. The second kappa shape index (κ2) is 6.57. The molecule has 1 aliphatic rings. The number of halogens is 1. The van der Waals surface area contributed by atoms with Gasteiger partial charge in [-0.3, -0.25) is 4.79 Å². The molecule has 3 aromatic rings. The van der Waals surface area contributed by atoms with E-state index in [1.807, 2.05) is 0 Å². The summed E-state index contributed by atoms with van der Waals surface area (Å²) in [6.45, 7) is 2.71. The molecule has 2 heterocycles. The molecule has 6 heteroatoms. The first-order valence-electron chi connectivity index (χ1n) is 8.13. The number of para-hydroxylation sites is 1. The first-order chi connectivity index (χ1) is 12.2. The van der Waals surface area contributed by atoms with Crippen LogP contribution >= 0.6 is 0 Å². The Bertz CT molecular complexity index is 947. The van der Waals surface area contributed by atoms with Crippen molar-refractivity contribution in [3.05, 3.63) is 64.6 Å². The van der Waals surface area contributed by atoms with Crippen LogP contribution in [0.3, 0.4) is 0 Å². The van der Waals surface area contributed by atoms with Gasteiger partial charge in [-0.05, 0) is 36.4 Å². The molecule has 5 nitrogen and oxygen atoms in total. The number of fused-ring (bicyclic) bond motifs is 1. The lowest BCUT2D eigenvalue weighted by Crippen LogP contribution is -2.37. The van der Waals surface area contributed by atoms with Crippen molar-refractivity contribution in [1.29, 1.82) is 0 Å². The van der Waals surface area contributed by atoms with Crippen LogP contribution in [0.5, 0.6) is 11.5 Å². The Hall–Kier alpha value is -2.86. The van der Waals surface area contributed by atoms with Crippen LogP contribution in [0.4, 0.5) is 10.2 Å². The summed E-state index contributed by atoms with van der Waals surface area (Å²) in [5.74, 6) is 1.45. The minimum Gasteiger partial charge on any atom is -0.455 e. The molecule has 4 rings (SSSR count). The second-order valence-electron chi connectivity index (χ2n) is 5.85. The molecule has 1 aromatic heterocycles. The number of benzene rings is 2. The summed E-state index contributed by atoms with van der Waals surface area (Å²) in [5, 5.41) is 0.552. The van der Waals surface area contributed by atoms with Gasteiger partial charge in [-0.25, -0.2) is 4.39 Å². The van der Waals surface area contributed by atoms with Crippen LogP contribution in [0.25, 0.3) is 10.9 Å². The van der Waals surface area contributed by atoms with Crippen molar-refractivity contribution in [3.63, 3.8) is 0 Å². The Morgan fingerprint density at radius 3 is 2.60 bits per heavy atom. The quantitative estimate of drug-likeness (QED) is 0.795. The van der Waals surface area contributed by atoms with Crippen LogP contribution in [0.15, 0.2) is 53.3 Å². The SMILES string of the molecule is O=c1cc(N2CCOCC2)[nH]c2c(Oc3ccc(F)cc3)cccc12. The zero-order valence-electron chi connectivity index (χ0n) is 13.5. The number of hydrogen-bond acceptors (Lipinski definition) is 4. The van der Waals surface area contributed by atoms with Gasteiger partial charge in [-0.2, -0.15) is 0 Å². The highest BCUT2D eigenvalue weighted by Crippen LogP contribution is 2.29. The van der Waals surface area contributed by atoms with E-state index >= 15 is 0 Å². The first kappa shape index (κ1) is 15.7. The number of H-pyrrole nitrogens is 1. The predicted octanol–water partition coefficient (Wildman–Crippen LogP) is 3.30. The van der Waals surface area contributed by atoms with E-state index < -0.39 is 0 Å². The van der Waals surface area contributed by atoms with Gasteiger partial charge in [0.25, 0.3) is 0 Å². The molecule has 25 heavy (non-hydrogen) atoms. The lowest BCUT2D eigenvalue weighted by atomic mass is 10.2. The van der Waals surface area contributed by atoms with Gasteiger partial charge in [0, 0.05) is 24.5 Å². The van der Waals surface area contributed by atoms with Gasteiger partial charge in [0.05, 0.1) is 18.7 Å². The van der Waals surface area contributed by atoms with E-state index in [1.54, 1.807) is 36.4 Å². The summed E-state index contributed by atoms with van der Waals surface area (Å²) >= 11 is 0. The molecule has 1 N–H and O–H groups in total. The first-order valence-corrected chi connectivity index (χ1v) is 8.13. The lowest BCUT2D eigenvalue weighted by Gasteiger charge is -2.28. The number of nitrogens with zero attached hydrogens (tertiary/aromatic N) is 1. The highest BCUT2D eigenvalue weighted by molar-refractivity contribution is 5.86. The molecule has 0 aliphatic carbocycles. The van der Waals surface area contributed by atoms with E-state index in [0.29, 0.717) is 35.6 Å². The highest BCUT2D eigenvalue weighted by atomic mass is 19.1. The van der Waals surface area contributed by atoms with E-state index in [1.165, 1.54) is 12.1 Å². The van der Waals surface area contributed by atoms with E-state index in [4.69, 9.17) is 9.47 Å². The molecular formula is C19H17FN2O3. The van der Waals surface area contributed by atoms with Crippen LogP contribution < -0.4 is 15.1 Å². The number of pyridine rings is 1. The predicted molar refractivity (Wildman–Crippen MR) is 94.1 cm³/mol. The minimum absolute atomic E-state index is 0.0696. The molecule has 128 valence electrons. The van der Waals surface area contributed by atoms with E-state index in [-0.39, 0.29) is 11.2 Å². The van der Waals surface area contributed by atoms with Crippen LogP contribution in [0.2, 0.25) is 0 Å². The number of ether oxygens (including phenoxy) is 2. The highest BCUT2D eigenvalue weighted by Gasteiger charge is 2.15. The fraction of sp³-hybridized carbons (Fsp3) is 0.211.